The van der Waals surface area contributed by atoms with Gasteiger partial charge in [0.05, 0.1) is 0 Å². The van der Waals surface area contributed by atoms with Gasteiger partial charge < -0.3 is 24.7 Å². The Kier molecular flexibility index (Phi) is 9.73. The fourth-order valence-electron chi connectivity index (χ4n) is 2.21. The van der Waals surface area contributed by atoms with Gasteiger partial charge in [-0.15, -0.1) is 0 Å². The van der Waals surface area contributed by atoms with Crippen molar-refractivity contribution in [3.63, 3.8) is 0 Å². The standard InChI is InChI=1S/C18H25N5O5/c1-12(20-25-4)16(22-26-5)13(2)21-28-11-14-9-7-8-10-15(14)17(23-27-6)18(24)19-3/h7-10H,11H2,1-6H3,(H,19,24)/b20-12+,21-13+,22-16-,23-17-. The van der Waals surface area contributed by atoms with Crippen molar-refractivity contribution in [1.82, 2.24) is 5.32 Å². The van der Waals surface area contributed by atoms with Crippen LogP contribution in [0, 0.1) is 0 Å². The first-order chi connectivity index (χ1) is 13.5. The number of amides is 1. The number of hydrogen-bond acceptors (Lipinski definition) is 9. The lowest BCUT2D eigenvalue weighted by Crippen LogP contribution is -2.29. The molecule has 1 aromatic rings. The molecule has 0 unspecified atom stereocenters. The van der Waals surface area contributed by atoms with E-state index in [4.69, 9.17) is 19.4 Å². The van der Waals surface area contributed by atoms with Gasteiger partial charge in [-0.3, -0.25) is 4.79 Å². The summed E-state index contributed by atoms with van der Waals surface area (Å²) in [7, 11) is 5.73. The summed E-state index contributed by atoms with van der Waals surface area (Å²) >= 11 is 0. The fraction of sp³-hybridized carbons (Fsp3) is 0.389. The molecule has 0 aliphatic carbocycles. The van der Waals surface area contributed by atoms with Crippen LogP contribution in [-0.2, 0) is 30.8 Å². The number of likely N-dealkylation sites (N-methyl/N-ethyl adjacent to an activating group) is 1. The van der Waals surface area contributed by atoms with E-state index in [0.29, 0.717) is 28.3 Å². The molecule has 0 saturated heterocycles. The number of hydrogen-bond donors (Lipinski definition) is 1. The molecule has 1 aromatic carbocycles. The minimum Gasteiger partial charge on any atom is -0.399 e. The second kappa shape index (κ2) is 12.0. The van der Waals surface area contributed by atoms with Crippen LogP contribution in [0.1, 0.15) is 25.0 Å². The van der Waals surface area contributed by atoms with E-state index in [-0.39, 0.29) is 18.2 Å². The van der Waals surface area contributed by atoms with Crippen LogP contribution in [0.4, 0.5) is 0 Å². The van der Waals surface area contributed by atoms with Crippen LogP contribution in [0.5, 0.6) is 0 Å². The number of carbonyl (C=O) groups excluding carboxylic acids is 1. The van der Waals surface area contributed by atoms with Crippen molar-refractivity contribution in [2.45, 2.75) is 20.5 Å². The zero-order chi connectivity index (χ0) is 20.9. The third-order valence-corrected chi connectivity index (χ3v) is 3.41. The highest BCUT2D eigenvalue weighted by Gasteiger charge is 2.17. The van der Waals surface area contributed by atoms with Gasteiger partial charge in [-0.1, -0.05) is 44.9 Å². The van der Waals surface area contributed by atoms with E-state index >= 15 is 0 Å². The van der Waals surface area contributed by atoms with Gasteiger partial charge in [0, 0.05) is 18.2 Å². The number of nitrogens with zero attached hydrogens (tertiary/aromatic N) is 4. The van der Waals surface area contributed by atoms with E-state index in [1.807, 2.05) is 6.07 Å². The SMILES string of the molecule is CNC(=O)/C(=N\OC)c1ccccc1CO/N=C(C)/C(=N\OC)C(/C)=N/OC. The van der Waals surface area contributed by atoms with E-state index in [1.165, 1.54) is 28.4 Å². The maximum atomic E-state index is 12.1. The van der Waals surface area contributed by atoms with E-state index in [2.05, 4.69) is 25.9 Å². The summed E-state index contributed by atoms with van der Waals surface area (Å²) in [4.78, 5) is 31.9. The smallest absolute Gasteiger partial charge is 0.273 e. The van der Waals surface area contributed by atoms with E-state index < -0.39 is 0 Å². The molecule has 10 nitrogen and oxygen atoms in total. The molecule has 10 heteroatoms. The number of nitrogens with one attached hydrogen (secondary N) is 1. The minimum absolute atomic E-state index is 0.0912. The van der Waals surface area contributed by atoms with Crippen LogP contribution in [0.25, 0.3) is 0 Å². The predicted octanol–water partition coefficient (Wildman–Crippen LogP) is 1.70. The van der Waals surface area contributed by atoms with E-state index in [1.54, 1.807) is 32.0 Å². The Hall–Kier alpha value is -3.43. The molecule has 0 radical (unpaired) electrons. The Balaban J connectivity index is 3.06. The third-order valence-electron chi connectivity index (χ3n) is 3.41. The molecule has 0 atom stereocenters. The normalized spacial score (nSPS) is 13.1. The highest BCUT2D eigenvalue weighted by Crippen LogP contribution is 2.13. The molecular formula is C18H25N5O5. The molecule has 0 fully saturated rings. The highest BCUT2D eigenvalue weighted by atomic mass is 16.6. The summed E-state index contributed by atoms with van der Waals surface area (Å²) in [6.45, 7) is 3.49. The van der Waals surface area contributed by atoms with Crippen molar-refractivity contribution in [3.05, 3.63) is 35.4 Å². The Morgan fingerprint density at radius 3 is 2.14 bits per heavy atom. The largest absolute Gasteiger partial charge is 0.399 e. The summed E-state index contributed by atoms with van der Waals surface area (Å²) in [5, 5.41) is 18.1. The number of carbonyl (C=O) groups is 1. The Morgan fingerprint density at radius 1 is 0.929 bits per heavy atom. The molecule has 0 aliphatic rings. The Bertz CT molecular complexity index is 786. The first-order valence-electron chi connectivity index (χ1n) is 8.27. The molecule has 28 heavy (non-hydrogen) atoms. The van der Waals surface area contributed by atoms with Crippen molar-refractivity contribution in [2.75, 3.05) is 28.4 Å². The van der Waals surface area contributed by atoms with Gasteiger partial charge in [-0.25, -0.2) is 0 Å². The molecule has 0 aliphatic heterocycles. The van der Waals surface area contributed by atoms with E-state index in [0.717, 1.165) is 0 Å². The van der Waals surface area contributed by atoms with Crippen molar-refractivity contribution in [2.24, 2.45) is 20.6 Å². The number of rotatable bonds is 10. The van der Waals surface area contributed by atoms with Crippen molar-refractivity contribution >= 4 is 28.8 Å². The van der Waals surface area contributed by atoms with Gasteiger partial charge in [-0.05, 0) is 13.8 Å². The Labute approximate surface area is 163 Å². The van der Waals surface area contributed by atoms with Crippen LogP contribution in [0.15, 0.2) is 44.9 Å². The molecule has 0 heterocycles. The Morgan fingerprint density at radius 2 is 1.54 bits per heavy atom. The van der Waals surface area contributed by atoms with Gasteiger partial charge in [0.25, 0.3) is 5.91 Å². The second-order valence-corrected chi connectivity index (χ2v) is 5.29. The third kappa shape index (κ3) is 6.38. The molecule has 1 amide bonds. The summed E-state index contributed by atoms with van der Waals surface area (Å²) in [5.74, 6) is -0.380. The molecule has 152 valence electrons. The second-order valence-electron chi connectivity index (χ2n) is 5.29. The molecule has 0 bridgehead atoms. The average Bonchev–Trinajstić information content (AvgIpc) is 2.70. The highest BCUT2D eigenvalue weighted by molar-refractivity contribution is 6.67. The molecule has 0 spiro atoms. The number of benzene rings is 1. The van der Waals surface area contributed by atoms with Crippen molar-refractivity contribution in [3.8, 4) is 0 Å². The quantitative estimate of drug-likeness (QED) is 0.481. The average molecular weight is 391 g/mol. The van der Waals surface area contributed by atoms with Crippen LogP contribution >= 0.6 is 0 Å². The summed E-state index contributed by atoms with van der Waals surface area (Å²) in [5.41, 5.74) is 2.70. The topological polar surface area (TPSA) is 115 Å². The van der Waals surface area contributed by atoms with Crippen LogP contribution in [-0.4, -0.2) is 57.1 Å². The molecular weight excluding hydrogens is 366 g/mol. The lowest BCUT2D eigenvalue weighted by molar-refractivity contribution is -0.114. The van der Waals surface area contributed by atoms with E-state index in [9.17, 15) is 4.79 Å². The summed E-state index contributed by atoms with van der Waals surface area (Å²) in [6.07, 6.45) is 0. The van der Waals surface area contributed by atoms with Crippen molar-refractivity contribution in [1.29, 1.82) is 0 Å². The van der Waals surface area contributed by atoms with Crippen molar-refractivity contribution < 1.29 is 24.1 Å². The first kappa shape index (κ1) is 22.6. The minimum atomic E-state index is -0.380. The van der Waals surface area contributed by atoms with Gasteiger partial charge in [-0.2, -0.15) is 0 Å². The maximum absolute atomic E-state index is 12.1. The fourth-order valence-corrected chi connectivity index (χ4v) is 2.21. The van der Waals surface area contributed by atoms with Gasteiger partial charge in [0.2, 0.25) is 0 Å². The maximum Gasteiger partial charge on any atom is 0.273 e. The predicted molar refractivity (Wildman–Crippen MR) is 107 cm³/mol. The number of oxime groups is 4. The van der Waals surface area contributed by atoms with Gasteiger partial charge >= 0.3 is 0 Å². The molecule has 1 N–H and O–H groups in total. The lowest BCUT2D eigenvalue weighted by atomic mass is 10.0. The summed E-state index contributed by atoms with van der Waals surface area (Å²) in [6, 6.07) is 7.15. The molecule has 0 aromatic heterocycles. The first-order valence-corrected chi connectivity index (χ1v) is 8.27. The monoisotopic (exact) mass is 391 g/mol. The molecule has 1 rings (SSSR count). The zero-order valence-corrected chi connectivity index (χ0v) is 16.8. The van der Waals surface area contributed by atoms with Gasteiger partial charge in [0.15, 0.2) is 11.4 Å². The van der Waals surface area contributed by atoms with Crippen LogP contribution in [0.3, 0.4) is 0 Å². The summed E-state index contributed by atoms with van der Waals surface area (Å²) < 4.78 is 0. The van der Waals surface area contributed by atoms with Crippen LogP contribution in [0.2, 0.25) is 0 Å². The zero-order valence-electron chi connectivity index (χ0n) is 16.8. The molecule has 0 saturated carbocycles. The van der Waals surface area contributed by atoms with Crippen LogP contribution < -0.4 is 5.32 Å². The van der Waals surface area contributed by atoms with Gasteiger partial charge in [0.1, 0.15) is 39.4 Å². The lowest BCUT2D eigenvalue weighted by Gasteiger charge is -2.10.